The summed E-state index contributed by atoms with van der Waals surface area (Å²) < 4.78 is 5.14. The summed E-state index contributed by atoms with van der Waals surface area (Å²) in [5.41, 5.74) is 4.28. The Bertz CT molecular complexity index is 1140. The summed E-state index contributed by atoms with van der Waals surface area (Å²) in [6.07, 6.45) is 3.18. The van der Waals surface area contributed by atoms with Gasteiger partial charge in [-0.2, -0.15) is 0 Å². The quantitative estimate of drug-likeness (QED) is 0.378. The van der Waals surface area contributed by atoms with E-state index in [0.29, 0.717) is 0 Å². The van der Waals surface area contributed by atoms with Gasteiger partial charge in [0.2, 0.25) is 5.91 Å². The Morgan fingerprint density at radius 1 is 0.943 bits per heavy atom. The Hall–Kier alpha value is -3.68. The molecule has 4 rings (SSSR count). The zero-order chi connectivity index (χ0) is 24.5. The first-order valence-corrected chi connectivity index (χ1v) is 12.1. The second-order valence-corrected chi connectivity index (χ2v) is 8.75. The number of nitrogens with zero attached hydrogens (tertiary/aromatic N) is 2. The molecule has 1 aliphatic rings. The second kappa shape index (κ2) is 12.1. The topological polar surface area (TPSA) is 56.8 Å². The lowest BCUT2D eigenvalue weighted by molar-refractivity contribution is -0.115. The smallest absolute Gasteiger partial charge is 0.250 e. The van der Waals surface area contributed by atoms with Crippen LogP contribution in [0.3, 0.4) is 0 Å². The average molecular weight is 487 g/mol. The molecule has 0 atom stereocenters. The van der Waals surface area contributed by atoms with Gasteiger partial charge >= 0.3 is 0 Å². The van der Waals surface area contributed by atoms with Crippen LogP contribution >= 0.6 is 12.2 Å². The molecule has 1 heterocycles. The number of nitrogens with one attached hydrogen (secondary N) is 2. The number of carbonyl (C=O) groups is 1. The maximum Gasteiger partial charge on any atom is 0.250 e. The Morgan fingerprint density at radius 3 is 2.29 bits per heavy atom. The van der Waals surface area contributed by atoms with E-state index in [1.165, 1.54) is 17.3 Å². The third-order valence-electron chi connectivity index (χ3n) is 5.89. The number of carbonyl (C=O) groups excluding carboxylic acids is 1. The number of hydrogen-bond donors (Lipinski definition) is 2. The average Bonchev–Trinajstić information content (AvgIpc) is 2.89. The second-order valence-electron chi connectivity index (χ2n) is 8.35. The van der Waals surface area contributed by atoms with Gasteiger partial charge in [0.15, 0.2) is 5.11 Å². The van der Waals surface area contributed by atoms with Gasteiger partial charge in [-0.1, -0.05) is 42.5 Å². The number of piperazine rings is 1. The third-order valence-corrected chi connectivity index (χ3v) is 6.10. The van der Waals surface area contributed by atoms with Crippen molar-refractivity contribution in [1.29, 1.82) is 0 Å². The van der Waals surface area contributed by atoms with Crippen LogP contribution in [-0.2, 0) is 11.3 Å². The van der Waals surface area contributed by atoms with Crippen molar-refractivity contribution in [3.8, 4) is 5.75 Å². The fourth-order valence-electron chi connectivity index (χ4n) is 3.96. The number of amides is 1. The molecule has 1 fully saturated rings. The molecule has 1 saturated heterocycles. The van der Waals surface area contributed by atoms with Crippen LogP contribution in [-0.4, -0.2) is 49.2 Å². The Balaban J connectivity index is 1.21. The number of methoxy groups -OCH3 is 1. The van der Waals surface area contributed by atoms with Crippen LogP contribution in [0.4, 0.5) is 11.4 Å². The van der Waals surface area contributed by atoms with Gasteiger partial charge in [-0.3, -0.25) is 15.0 Å². The summed E-state index contributed by atoms with van der Waals surface area (Å²) in [5.74, 6) is 0.483. The number of anilines is 2. The molecule has 1 amide bonds. The van der Waals surface area contributed by atoms with Crippen LogP contribution in [0.5, 0.6) is 5.75 Å². The van der Waals surface area contributed by atoms with Crippen LogP contribution in [0.15, 0.2) is 84.9 Å². The van der Waals surface area contributed by atoms with Crippen LogP contribution in [0.2, 0.25) is 0 Å². The van der Waals surface area contributed by atoms with Crippen molar-refractivity contribution in [1.82, 2.24) is 10.2 Å². The lowest BCUT2D eigenvalue weighted by Gasteiger charge is -2.36. The van der Waals surface area contributed by atoms with E-state index in [4.69, 9.17) is 17.0 Å². The predicted octanol–water partition coefficient (Wildman–Crippen LogP) is 4.54. The highest BCUT2D eigenvalue weighted by atomic mass is 32.1. The van der Waals surface area contributed by atoms with E-state index >= 15 is 0 Å². The van der Waals surface area contributed by atoms with E-state index in [9.17, 15) is 4.79 Å². The van der Waals surface area contributed by atoms with Crippen LogP contribution in [0.1, 0.15) is 11.1 Å². The highest BCUT2D eigenvalue weighted by molar-refractivity contribution is 7.80. The Morgan fingerprint density at radius 2 is 1.63 bits per heavy atom. The summed E-state index contributed by atoms with van der Waals surface area (Å²) in [6, 6.07) is 26.2. The molecule has 35 heavy (non-hydrogen) atoms. The Kier molecular flexibility index (Phi) is 8.48. The lowest BCUT2D eigenvalue weighted by Crippen LogP contribution is -2.45. The summed E-state index contributed by atoms with van der Waals surface area (Å²) in [4.78, 5) is 17.1. The molecule has 180 valence electrons. The van der Waals surface area contributed by atoms with Crippen molar-refractivity contribution in [2.75, 3.05) is 43.5 Å². The van der Waals surface area contributed by atoms with E-state index in [-0.39, 0.29) is 11.0 Å². The fraction of sp³-hybridized carbons (Fsp3) is 0.214. The summed E-state index contributed by atoms with van der Waals surface area (Å²) in [6.45, 7) is 5.06. The summed E-state index contributed by atoms with van der Waals surface area (Å²) in [7, 11) is 1.62. The largest absolute Gasteiger partial charge is 0.497 e. The predicted molar refractivity (Wildman–Crippen MR) is 147 cm³/mol. The number of ether oxygens (including phenoxy) is 1. The molecule has 1 aliphatic heterocycles. The van der Waals surface area contributed by atoms with Crippen molar-refractivity contribution in [3.63, 3.8) is 0 Å². The molecular weight excluding hydrogens is 456 g/mol. The molecule has 0 aliphatic carbocycles. The zero-order valence-electron chi connectivity index (χ0n) is 19.8. The highest BCUT2D eigenvalue weighted by Crippen LogP contribution is 2.20. The van der Waals surface area contributed by atoms with E-state index in [2.05, 4.69) is 62.9 Å². The molecule has 0 spiro atoms. The summed E-state index contributed by atoms with van der Waals surface area (Å²) >= 11 is 5.29. The molecule has 3 aromatic carbocycles. The number of rotatable bonds is 7. The first-order chi connectivity index (χ1) is 17.1. The number of benzene rings is 3. The van der Waals surface area contributed by atoms with Crippen LogP contribution in [0.25, 0.3) is 6.08 Å². The van der Waals surface area contributed by atoms with Gasteiger partial charge in [-0.05, 0) is 65.8 Å². The van der Waals surface area contributed by atoms with E-state index in [1.54, 1.807) is 13.2 Å². The lowest BCUT2D eigenvalue weighted by atomic mass is 10.2. The molecule has 2 N–H and O–H groups in total. The van der Waals surface area contributed by atoms with Gasteiger partial charge < -0.3 is 15.0 Å². The molecule has 7 heteroatoms. The SMILES string of the molecule is COc1ccc(/C=C/C(=O)NC(=S)Nc2ccc(N3CCN(Cc4ccccc4)CC3)cc2)cc1. The minimum absolute atomic E-state index is 0.261. The van der Waals surface area contributed by atoms with Gasteiger partial charge in [0.25, 0.3) is 0 Å². The number of thiocarbonyl (C=S) groups is 1. The molecule has 0 unspecified atom stereocenters. The molecule has 0 bridgehead atoms. The van der Waals surface area contributed by atoms with E-state index in [0.717, 1.165) is 49.7 Å². The van der Waals surface area contributed by atoms with Crippen molar-refractivity contribution < 1.29 is 9.53 Å². The van der Waals surface area contributed by atoms with Gasteiger partial charge in [0.05, 0.1) is 7.11 Å². The molecule has 3 aromatic rings. The van der Waals surface area contributed by atoms with E-state index < -0.39 is 0 Å². The monoisotopic (exact) mass is 486 g/mol. The van der Waals surface area contributed by atoms with Gasteiger partial charge in [-0.15, -0.1) is 0 Å². The maximum atomic E-state index is 12.2. The minimum atomic E-state index is -0.289. The van der Waals surface area contributed by atoms with Crippen molar-refractivity contribution in [2.24, 2.45) is 0 Å². The van der Waals surface area contributed by atoms with Crippen LogP contribution < -0.4 is 20.3 Å². The molecule has 0 saturated carbocycles. The van der Waals surface area contributed by atoms with Gasteiger partial charge in [0.1, 0.15) is 5.75 Å². The fourth-order valence-corrected chi connectivity index (χ4v) is 4.18. The van der Waals surface area contributed by atoms with E-state index in [1.807, 2.05) is 36.4 Å². The van der Waals surface area contributed by atoms with Gasteiger partial charge in [-0.25, -0.2) is 0 Å². The van der Waals surface area contributed by atoms with Gasteiger partial charge in [0, 0.05) is 50.2 Å². The van der Waals surface area contributed by atoms with Crippen LogP contribution in [0, 0.1) is 0 Å². The third kappa shape index (κ3) is 7.40. The maximum absolute atomic E-state index is 12.2. The molecule has 6 nitrogen and oxygen atoms in total. The summed E-state index contributed by atoms with van der Waals surface area (Å²) in [5, 5.41) is 6.01. The standard InChI is InChI=1S/C28H30N4O2S/c1-34-26-14-7-22(8-15-26)9-16-27(33)30-28(35)29-24-10-12-25(13-11-24)32-19-17-31(18-20-32)21-23-5-3-2-4-6-23/h2-16H,17-21H2,1H3,(H2,29,30,33,35)/b16-9+. The zero-order valence-corrected chi connectivity index (χ0v) is 20.6. The van der Waals surface area contributed by atoms with Crippen molar-refractivity contribution >= 4 is 40.7 Å². The normalized spacial score (nSPS) is 14.0. The highest BCUT2D eigenvalue weighted by Gasteiger charge is 2.17. The minimum Gasteiger partial charge on any atom is -0.497 e. The first-order valence-electron chi connectivity index (χ1n) is 11.6. The van der Waals surface area contributed by atoms with Crippen molar-refractivity contribution in [3.05, 3.63) is 96.1 Å². The molecule has 0 aromatic heterocycles. The molecule has 0 radical (unpaired) electrons. The van der Waals surface area contributed by atoms with Crippen molar-refractivity contribution in [2.45, 2.75) is 6.54 Å². The molecular formula is C28H30N4O2S. The Labute approximate surface area is 212 Å². The first kappa shape index (κ1) is 24.4. The number of hydrogen-bond acceptors (Lipinski definition) is 5.